The van der Waals surface area contributed by atoms with Gasteiger partial charge >= 0.3 is 6.85 Å². The molecule has 0 fully saturated rings. The number of hydrogen-bond donors (Lipinski definition) is 0. The minimum Gasteiger partial charge on any atom is -0.439 e. The van der Waals surface area contributed by atoms with E-state index in [1.54, 1.807) is 0 Å². The van der Waals surface area contributed by atoms with Crippen LogP contribution in [-0.2, 0) is 7.05 Å². The lowest BCUT2D eigenvalue weighted by Gasteiger charge is -2.22. The number of aryl methyl sites for hydroxylation is 2. The van der Waals surface area contributed by atoms with E-state index in [0.717, 1.165) is 22.7 Å². The van der Waals surface area contributed by atoms with Gasteiger partial charge in [-0.2, -0.15) is 0 Å². The number of fused-ring (bicyclic) bond motifs is 3. The Labute approximate surface area is 164 Å². The Morgan fingerprint density at radius 2 is 1.86 bits per heavy atom. The molecule has 0 saturated heterocycles. The zero-order chi connectivity index (χ0) is 19.3. The molecule has 28 heavy (non-hydrogen) atoms. The van der Waals surface area contributed by atoms with Crippen LogP contribution in [0.1, 0.15) is 11.5 Å². The standard InChI is InChI=1S/C23H21BN3O/c1-16-9-10-19-22-20(28-23(19)25-16)12-14-27(24(22)2)21-15-18(11-13-26(21)3)17-7-5-4-6-8-17/h4-15H,1-3H3/q+1. The summed E-state index contributed by atoms with van der Waals surface area (Å²) in [5.74, 6) is 2.03. The smallest absolute Gasteiger partial charge is 0.413 e. The molecule has 1 aliphatic rings. The molecule has 136 valence electrons. The topological polar surface area (TPSA) is 33.2 Å². The predicted octanol–water partition coefficient (Wildman–Crippen LogP) is 3.95. The van der Waals surface area contributed by atoms with Gasteiger partial charge in [0.15, 0.2) is 0 Å². The van der Waals surface area contributed by atoms with Gasteiger partial charge in [-0.3, -0.25) is 4.81 Å². The van der Waals surface area contributed by atoms with Crippen LogP contribution in [0.4, 0.5) is 5.82 Å². The first kappa shape index (κ1) is 16.8. The Morgan fingerprint density at radius 3 is 2.68 bits per heavy atom. The van der Waals surface area contributed by atoms with E-state index in [1.165, 1.54) is 16.6 Å². The lowest BCUT2D eigenvalue weighted by atomic mass is 9.54. The van der Waals surface area contributed by atoms with Crippen molar-refractivity contribution in [1.29, 1.82) is 0 Å². The molecule has 4 nitrogen and oxygen atoms in total. The van der Waals surface area contributed by atoms with Crippen LogP contribution in [0.25, 0.3) is 28.3 Å². The summed E-state index contributed by atoms with van der Waals surface area (Å²) in [6.07, 6.45) is 6.26. The molecule has 0 aliphatic carbocycles. The predicted molar refractivity (Wildman–Crippen MR) is 115 cm³/mol. The molecule has 0 amide bonds. The van der Waals surface area contributed by atoms with Crippen molar-refractivity contribution >= 4 is 35.3 Å². The number of rotatable bonds is 2. The van der Waals surface area contributed by atoms with Gasteiger partial charge in [-0.15, -0.1) is 0 Å². The number of anilines is 1. The lowest BCUT2D eigenvalue weighted by Crippen LogP contribution is -2.50. The highest BCUT2D eigenvalue weighted by molar-refractivity contribution is 6.79. The summed E-state index contributed by atoms with van der Waals surface area (Å²) in [6, 6.07) is 19.0. The van der Waals surface area contributed by atoms with Crippen molar-refractivity contribution in [2.75, 3.05) is 4.81 Å². The first-order chi connectivity index (χ1) is 13.6. The number of pyridine rings is 2. The van der Waals surface area contributed by atoms with E-state index in [4.69, 9.17) is 4.42 Å². The number of aromatic nitrogens is 2. The van der Waals surface area contributed by atoms with Gasteiger partial charge in [-0.1, -0.05) is 30.3 Å². The van der Waals surface area contributed by atoms with Crippen LogP contribution < -0.4 is 14.8 Å². The highest BCUT2D eigenvalue weighted by Gasteiger charge is 2.37. The molecular weight excluding hydrogens is 345 g/mol. The number of furan rings is 1. The van der Waals surface area contributed by atoms with E-state index in [1.807, 2.05) is 25.1 Å². The average molecular weight is 366 g/mol. The average Bonchev–Trinajstić information content (AvgIpc) is 3.08. The third-order valence-electron chi connectivity index (χ3n) is 5.48. The Morgan fingerprint density at radius 1 is 1.04 bits per heavy atom. The van der Waals surface area contributed by atoms with E-state index >= 15 is 0 Å². The molecule has 0 bridgehead atoms. The van der Waals surface area contributed by atoms with E-state index in [9.17, 15) is 0 Å². The second-order valence-electron chi connectivity index (χ2n) is 7.33. The van der Waals surface area contributed by atoms with Gasteiger partial charge in [-0.05, 0) is 43.1 Å². The molecule has 0 spiro atoms. The van der Waals surface area contributed by atoms with Crippen LogP contribution >= 0.6 is 0 Å². The summed E-state index contributed by atoms with van der Waals surface area (Å²) >= 11 is 0. The molecule has 0 radical (unpaired) electrons. The Hall–Kier alpha value is -3.34. The fourth-order valence-corrected chi connectivity index (χ4v) is 3.98. The molecule has 0 N–H and O–H groups in total. The zero-order valence-electron chi connectivity index (χ0n) is 16.3. The van der Waals surface area contributed by atoms with Crippen LogP contribution in [0, 0.1) is 6.92 Å². The van der Waals surface area contributed by atoms with Crippen LogP contribution in [0.5, 0.6) is 0 Å². The molecule has 0 unspecified atom stereocenters. The van der Waals surface area contributed by atoms with Gasteiger partial charge < -0.3 is 4.42 Å². The van der Waals surface area contributed by atoms with Crippen LogP contribution in [0.3, 0.4) is 0 Å². The number of benzene rings is 1. The van der Waals surface area contributed by atoms with Gasteiger partial charge in [0.2, 0.25) is 5.71 Å². The second-order valence-corrected chi connectivity index (χ2v) is 7.33. The van der Waals surface area contributed by atoms with Gasteiger partial charge in [0, 0.05) is 28.7 Å². The minimum absolute atomic E-state index is 0.142. The fraction of sp³-hybridized carbons (Fsp3) is 0.130. The van der Waals surface area contributed by atoms with Gasteiger partial charge in [0.1, 0.15) is 5.76 Å². The molecule has 4 aromatic rings. The Balaban J connectivity index is 1.61. The summed E-state index contributed by atoms with van der Waals surface area (Å²) < 4.78 is 8.17. The lowest BCUT2D eigenvalue weighted by molar-refractivity contribution is -0.658. The second kappa shape index (κ2) is 6.38. The van der Waals surface area contributed by atoms with Crippen molar-refractivity contribution in [1.82, 2.24) is 4.98 Å². The SMILES string of the molecule is CB1c2c(oc3nc(C)ccc23)C=CN1c1cc(-c2ccccc2)cc[n+]1C. The van der Waals surface area contributed by atoms with Crippen LogP contribution in [0.2, 0.25) is 6.82 Å². The fourth-order valence-electron chi connectivity index (χ4n) is 3.98. The Bertz CT molecular complexity index is 1210. The summed E-state index contributed by atoms with van der Waals surface area (Å²) in [4.78, 5) is 6.86. The molecular formula is C23H21BN3O+. The summed E-state index contributed by atoms with van der Waals surface area (Å²) in [6.45, 7) is 4.34. The molecule has 5 rings (SSSR count). The van der Waals surface area contributed by atoms with Gasteiger partial charge in [0.25, 0.3) is 5.82 Å². The van der Waals surface area contributed by atoms with E-state index in [0.29, 0.717) is 5.71 Å². The van der Waals surface area contributed by atoms with Crippen molar-refractivity contribution in [2.24, 2.45) is 7.05 Å². The van der Waals surface area contributed by atoms with Gasteiger partial charge in [0.05, 0.1) is 19.4 Å². The molecule has 3 aromatic heterocycles. The first-order valence-corrected chi connectivity index (χ1v) is 9.53. The maximum Gasteiger partial charge on any atom is 0.413 e. The molecule has 5 heteroatoms. The van der Waals surface area contributed by atoms with Crippen LogP contribution in [-0.4, -0.2) is 11.8 Å². The van der Waals surface area contributed by atoms with E-state index in [2.05, 4.69) is 83.1 Å². The maximum absolute atomic E-state index is 6.02. The first-order valence-electron chi connectivity index (χ1n) is 9.53. The highest BCUT2D eigenvalue weighted by atomic mass is 16.3. The van der Waals surface area contributed by atoms with Crippen molar-refractivity contribution in [3.8, 4) is 11.1 Å². The maximum atomic E-state index is 6.02. The summed E-state index contributed by atoms with van der Waals surface area (Å²) in [7, 11) is 2.08. The molecule has 0 saturated carbocycles. The van der Waals surface area contributed by atoms with E-state index < -0.39 is 0 Å². The Kier molecular flexibility index (Phi) is 3.83. The normalized spacial score (nSPS) is 13.2. The van der Waals surface area contributed by atoms with E-state index in [-0.39, 0.29) is 6.85 Å². The monoisotopic (exact) mass is 366 g/mol. The third-order valence-corrected chi connectivity index (χ3v) is 5.48. The van der Waals surface area contributed by atoms with Crippen molar-refractivity contribution in [2.45, 2.75) is 13.7 Å². The van der Waals surface area contributed by atoms with Crippen molar-refractivity contribution in [3.63, 3.8) is 0 Å². The quantitative estimate of drug-likeness (QED) is 0.398. The summed E-state index contributed by atoms with van der Waals surface area (Å²) in [5.41, 5.74) is 5.29. The van der Waals surface area contributed by atoms with Gasteiger partial charge in [-0.25, -0.2) is 9.55 Å². The largest absolute Gasteiger partial charge is 0.439 e. The minimum atomic E-state index is 0.142. The molecule has 1 aliphatic heterocycles. The third kappa shape index (κ3) is 2.62. The zero-order valence-corrected chi connectivity index (χ0v) is 16.3. The molecule has 4 heterocycles. The summed E-state index contributed by atoms with van der Waals surface area (Å²) in [5, 5.41) is 1.09. The molecule has 0 atom stereocenters. The number of nitrogens with zero attached hydrogens (tertiary/aromatic N) is 3. The number of hydrogen-bond acceptors (Lipinski definition) is 3. The van der Waals surface area contributed by atoms with Crippen LogP contribution in [0.15, 0.2) is 71.4 Å². The van der Waals surface area contributed by atoms with Crippen molar-refractivity contribution in [3.05, 3.63) is 78.4 Å². The molecule has 1 aromatic carbocycles. The van der Waals surface area contributed by atoms with Crippen molar-refractivity contribution < 1.29 is 8.98 Å². The highest BCUT2D eigenvalue weighted by Crippen LogP contribution is 2.27.